The number of nitrogens with one attached hydrogen (secondary N) is 1. The summed E-state index contributed by atoms with van der Waals surface area (Å²) < 4.78 is 0. The highest BCUT2D eigenvalue weighted by Gasteiger charge is 2.23. The lowest BCUT2D eigenvalue weighted by molar-refractivity contribution is -0.124. The predicted molar refractivity (Wildman–Crippen MR) is 85.8 cm³/mol. The lowest BCUT2D eigenvalue weighted by Crippen LogP contribution is -2.47. The van der Waals surface area contributed by atoms with E-state index < -0.39 is 0 Å². The van der Waals surface area contributed by atoms with Gasteiger partial charge in [-0.25, -0.2) is 0 Å². The molecule has 1 saturated carbocycles. The molecule has 3 nitrogen and oxygen atoms in total. The van der Waals surface area contributed by atoms with Crippen LogP contribution in [0, 0.1) is 5.92 Å². The second-order valence-corrected chi connectivity index (χ2v) is 6.71. The van der Waals surface area contributed by atoms with Crippen LogP contribution in [0.3, 0.4) is 0 Å². The van der Waals surface area contributed by atoms with E-state index in [1.807, 2.05) is 0 Å². The summed E-state index contributed by atoms with van der Waals surface area (Å²) in [6.07, 6.45) is 8.69. The highest BCUT2D eigenvalue weighted by atomic mass is 16.2. The molecular formula is C17H34N2O. The SMILES string of the molecule is CCCCCN(CC(=O)NC1CCCCC1C)C(C)C. The van der Waals surface area contributed by atoms with Crippen LogP contribution >= 0.6 is 0 Å². The Morgan fingerprint density at radius 3 is 2.55 bits per heavy atom. The van der Waals surface area contributed by atoms with Crippen molar-refractivity contribution in [2.75, 3.05) is 13.1 Å². The number of amides is 1. The Hall–Kier alpha value is -0.570. The maximum absolute atomic E-state index is 12.3. The van der Waals surface area contributed by atoms with Crippen LogP contribution < -0.4 is 5.32 Å². The molecule has 0 aromatic rings. The minimum absolute atomic E-state index is 0.217. The van der Waals surface area contributed by atoms with E-state index in [-0.39, 0.29) is 5.91 Å². The monoisotopic (exact) mass is 282 g/mol. The fourth-order valence-corrected chi connectivity index (χ4v) is 3.05. The summed E-state index contributed by atoms with van der Waals surface area (Å²) in [5.41, 5.74) is 0. The van der Waals surface area contributed by atoms with Gasteiger partial charge in [-0.05, 0) is 45.6 Å². The fourth-order valence-electron chi connectivity index (χ4n) is 3.05. The summed E-state index contributed by atoms with van der Waals surface area (Å²) in [4.78, 5) is 14.6. The van der Waals surface area contributed by atoms with Gasteiger partial charge in [0, 0.05) is 12.1 Å². The molecule has 118 valence electrons. The van der Waals surface area contributed by atoms with Crippen LogP contribution in [0.1, 0.15) is 72.6 Å². The molecule has 1 N–H and O–H groups in total. The number of carbonyl (C=O) groups is 1. The zero-order valence-electron chi connectivity index (χ0n) is 14.0. The van der Waals surface area contributed by atoms with Crippen LogP contribution in [0.5, 0.6) is 0 Å². The van der Waals surface area contributed by atoms with Gasteiger partial charge in [-0.2, -0.15) is 0 Å². The van der Waals surface area contributed by atoms with Gasteiger partial charge in [0.25, 0.3) is 0 Å². The molecule has 2 unspecified atom stereocenters. The molecule has 0 bridgehead atoms. The van der Waals surface area contributed by atoms with Crippen LogP contribution in [-0.2, 0) is 4.79 Å². The highest BCUT2D eigenvalue weighted by Crippen LogP contribution is 2.23. The van der Waals surface area contributed by atoms with E-state index in [9.17, 15) is 4.79 Å². The molecule has 0 aromatic carbocycles. The Bertz CT molecular complexity index is 278. The van der Waals surface area contributed by atoms with Gasteiger partial charge in [0.1, 0.15) is 0 Å². The highest BCUT2D eigenvalue weighted by molar-refractivity contribution is 5.78. The fraction of sp³-hybridized carbons (Fsp3) is 0.941. The molecule has 1 aliphatic carbocycles. The van der Waals surface area contributed by atoms with E-state index in [0.29, 0.717) is 24.5 Å². The number of rotatable bonds is 8. The third-order valence-corrected chi connectivity index (χ3v) is 4.58. The number of nitrogens with zero attached hydrogens (tertiary/aromatic N) is 1. The van der Waals surface area contributed by atoms with Crippen molar-refractivity contribution in [3.8, 4) is 0 Å². The predicted octanol–water partition coefficient (Wildman–Crippen LogP) is 3.58. The van der Waals surface area contributed by atoms with E-state index in [4.69, 9.17) is 0 Å². The van der Waals surface area contributed by atoms with Crippen molar-refractivity contribution in [1.29, 1.82) is 0 Å². The standard InChI is InChI=1S/C17H34N2O/c1-5-6-9-12-19(14(2)3)13-17(20)18-16-11-8-7-10-15(16)4/h14-16H,5-13H2,1-4H3,(H,18,20). The second kappa shape index (κ2) is 9.38. The number of unbranched alkanes of at least 4 members (excludes halogenated alkanes) is 2. The Morgan fingerprint density at radius 1 is 1.25 bits per heavy atom. The summed E-state index contributed by atoms with van der Waals surface area (Å²) in [6.45, 7) is 10.5. The first kappa shape index (κ1) is 17.5. The van der Waals surface area contributed by atoms with E-state index in [1.54, 1.807) is 0 Å². The zero-order valence-corrected chi connectivity index (χ0v) is 14.0. The first-order valence-electron chi connectivity index (χ1n) is 8.58. The van der Waals surface area contributed by atoms with Crippen molar-refractivity contribution >= 4 is 5.91 Å². The molecule has 1 fully saturated rings. The van der Waals surface area contributed by atoms with E-state index in [0.717, 1.165) is 13.0 Å². The summed E-state index contributed by atoms with van der Waals surface area (Å²) in [5.74, 6) is 0.856. The van der Waals surface area contributed by atoms with Crippen molar-refractivity contribution in [2.45, 2.75) is 84.7 Å². The average molecular weight is 282 g/mol. The Labute approximate surface area is 125 Å². The van der Waals surface area contributed by atoms with Crippen molar-refractivity contribution in [2.24, 2.45) is 5.92 Å². The largest absolute Gasteiger partial charge is 0.352 e. The van der Waals surface area contributed by atoms with E-state index >= 15 is 0 Å². The van der Waals surface area contributed by atoms with Gasteiger partial charge in [-0.1, -0.05) is 39.5 Å². The molecule has 1 aliphatic rings. The molecule has 0 spiro atoms. The van der Waals surface area contributed by atoms with Gasteiger partial charge >= 0.3 is 0 Å². The summed E-state index contributed by atoms with van der Waals surface area (Å²) in [6, 6.07) is 0.849. The quantitative estimate of drug-likeness (QED) is 0.690. The van der Waals surface area contributed by atoms with E-state index in [2.05, 4.69) is 37.9 Å². The van der Waals surface area contributed by atoms with Crippen LogP contribution in [0.15, 0.2) is 0 Å². The maximum Gasteiger partial charge on any atom is 0.234 e. The van der Waals surface area contributed by atoms with Crippen LogP contribution in [0.4, 0.5) is 0 Å². The van der Waals surface area contributed by atoms with Gasteiger partial charge in [0.15, 0.2) is 0 Å². The molecule has 0 aliphatic heterocycles. The lowest BCUT2D eigenvalue weighted by atomic mass is 9.86. The third-order valence-electron chi connectivity index (χ3n) is 4.58. The molecular weight excluding hydrogens is 248 g/mol. The molecule has 1 amide bonds. The van der Waals surface area contributed by atoms with Crippen LogP contribution in [0.25, 0.3) is 0 Å². The molecule has 0 radical (unpaired) electrons. The molecule has 1 rings (SSSR count). The molecule has 0 saturated heterocycles. The van der Waals surface area contributed by atoms with Crippen molar-refractivity contribution in [3.05, 3.63) is 0 Å². The minimum Gasteiger partial charge on any atom is -0.352 e. The number of carbonyl (C=O) groups excluding carboxylic acids is 1. The van der Waals surface area contributed by atoms with Crippen LogP contribution in [-0.4, -0.2) is 36.0 Å². The molecule has 3 heteroatoms. The normalized spacial score (nSPS) is 23.3. The molecule has 0 heterocycles. The first-order chi connectivity index (χ1) is 9.54. The molecule has 2 atom stereocenters. The Balaban J connectivity index is 2.36. The van der Waals surface area contributed by atoms with Gasteiger partial charge in [-0.3, -0.25) is 9.69 Å². The minimum atomic E-state index is 0.217. The third kappa shape index (κ3) is 6.25. The van der Waals surface area contributed by atoms with Gasteiger partial charge in [0.2, 0.25) is 5.91 Å². The van der Waals surface area contributed by atoms with Crippen molar-refractivity contribution in [3.63, 3.8) is 0 Å². The van der Waals surface area contributed by atoms with Gasteiger partial charge in [0.05, 0.1) is 6.54 Å². The van der Waals surface area contributed by atoms with Crippen LogP contribution in [0.2, 0.25) is 0 Å². The number of hydrogen-bond acceptors (Lipinski definition) is 2. The average Bonchev–Trinajstić information content (AvgIpc) is 2.40. The van der Waals surface area contributed by atoms with Crippen molar-refractivity contribution < 1.29 is 4.79 Å². The van der Waals surface area contributed by atoms with Crippen molar-refractivity contribution in [1.82, 2.24) is 10.2 Å². The summed E-state index contributed by atoms with van der Waals surface area (Å²) in [5, 5.41) is 3.26. The summed E-state index contributed by atoms with van der Waals surface area (Å²) >= 11 is 0. The second-order valence-electron chi connectivity index (χ2n) is 6.71. The van der Waals surface area contributed by atoms with E-state index in [1.165, 1.54) is 38.5 Å². The summed E-state index contributed by atoms with van der Waals surface area (Å²) in [7, 11) is 0. The van der Waals surface area contributed by atoms with Gasteiger partial charge in [-0.15, -0.1) is 0 Å². The topological polar surface area (TPSA) is 32.3 Å². The van der Waals surface area contributed by atoms with Gasteiger partial charge < -0.3 is 5.32 Å². The smallest absolute Gasteiger partial charge is 0.234 e. The first-order valence-corrected chi connectivity index (χ1v) is 8.58. The molecule has 0 aromatic heterocycles. The molecule has 20 heavy (non-hydrogen) atoms. The maximum atomic E-state index is 12.3. The zero-order chi connectivity index (χ0) is 15.0. The lowest BCUT2D eigenvalue weighted by Gasteiger charge is -2.31. The number of hydrogen-bond donors (Lipinski definition) is 1. The Kier molecular flexibility index (Phi) is 8.20. The Morgan fingerprint density at radius 2 is 1.95 bits per heavy atom.